The number of hydrogen-bond acceptors (Lipinski definition) is 3. The van der Waals surface area contributed by atoms with E-state index in [0.717, 1.165) is 34.9 Å². The fraction of sp³-hybridized carbons (Fsp3) is 0.317. The van der Waals surface area contributed by atoms with Gasteiger partial charge in [-0.05, 0) is 40.3 Å². The number of thiophene rings is 1. The van der Waals surface area contributed by atoms with E-state index >= 15 is 0 Å². The van der Waals surface area contributed by atoms with Gasteiger partial charge in [0.1, 0.15) is 0 Å². The molecule has 0 spiro atoms. The molecule has 3 aromatic carbocycles. The third-order valence-electron chi connectivity index (χ3n) is 8.89. The van der Waals surface area contributed by atoms with Gasteiger partial charge in [-0.15, -0.1) is 23.8 Å². The van der Waals surface area contributed by atoms with Crippen molar-refractivity contribution >= 4 is 49.2 Å². The molecule has 1 fully saturated rings. The Hall–Kier alpha value is -2.70. The summed E-state index contributed by atoms with van der Waals surface area (Å²) in [6.45, 7) is 4.48. The van der Waals surface area contributed by atoms with Crippen molar-refractivity contribution in [2.75, 3.05) is 0 Å². The van der Waals surface area contributed by atoms with Crippen LogP contribution in [0.3, 0.4) is 0 Å². The van der Waals surface area contributed by atoms with Gasteiger partial charge in [0.15, 0.2) is 0 Å². The van der Waals surface area contributed by atoms with Crippen LogP contribution in [-0.2, 0) is 32.9 Å². The first-order chi connectivity index (χ1) is 22.2. The van der Waals surface area contributed by atoms with Crippen LogP contribution in [0.1, 0.15) is 50.7 Å². The van der Waals surface area contributed by atoms with Crippen LogP contribution in [0.2, 0.25) is 17.3 Å². The third kappa shape index (κ3) is 8.67. The normalized spacial score (nSPS) is 13.5. The van der Waals surface area contributed by atoms with Crippen molar-refractivity contribution in [3.05, 3.63) is 114 Å². The second kappa shape index (κ2) is 15.7. The molecule has 1 saturated carbocycles. The summed E-state index contributed by atoms with van der Waals surface area (Å²) in [5.41, 5.74) is 6.78. The van der Waals surface area contributed by atoms with Crippen LogP contribution >= 0.6 is 11.3 Å². The van der Waals surface area contributed by atoms with Crippen LogP contribution < -0.4 is 4.40 Å². The first-order valence-electron chi connectivity index (χ1n) is 16.6. The molecule has 1 aliphatic carbocycles. The number of hydrogen-bond donors (Lipinski definition) is 0. The fourth-order valence-corrected chi connectivity index (χ4v) is 11.2. The summed E-state index contributed by atoms with van der Waals surface area (Å²) in [4.78, 5) is 9.29. The Morgan fingerprint density at radius 3 is 2.43 bits per heavy atom. The molecule has 3 heterocycles. The maximum Gasteiger partial charge on any atom is 0.0239 e. The minimum Gasteiger partial charge on any atom is -0.305 e. The Morgan fingerprint density at radius 1 is 0.915 bits per heavy atom. The van der Waals surface area contributed by atoms with E-state index in [1.807, 2.05) is 29.8 Å². The quantitative estimate of drug-likeness (QED) is 0.118. The zero-order valence-electron chi connectivity index (χ0n) is 28.0. The monoisotopic (exact) mass is 881 g/mol. The second-order valence-corrected chi connectivity index (χ2v) is 25.7. The minimum atomic E-state index is -1.93. The Kier molecular flexibility index (Phi) is 11.9. The molecule has 6 aromatic rings. The Bertz CT molecular complexity index is 1940. The van der Waals surface area contributed by atoms with Gasteiger partial charge in [-0.1, -0.05) is 60.9 Å². The van der Waals surface area contributed by atoms with Gasteiger partial charge in [0.25, 0.3) is 0 Å². The zero-order chi connectivity index (χ0) is 32.3. The molecule has 0 saturated heterocycles. The number of pyridine rings is 2. The number of benzene rings is 3. The van der Waals surface area contributed by atoms with Gasteiger partial charge in [-0.3, -0.25) is 0 Å². The standard InChI is InChI=1S/C23H20NS.C18H23FGeN.Ir/c1-2-7-16(6-1)14-17-12-13-24-21(15-17)20-10-5-9-19-18-8-3-4-11-22(18)25-23(19)20;1-13(2)10-15-11-18(14-6-8-16(19)9-7-14)21-12-17(15)20(3,4)5;/h3-5,8-9,11-13,15-16H,1-2,6-7,14H2;6,8-9,11-13H,10H2,1-5H3;/q2*-1;. The maximum absolute atomic E-state index is 13.0. The average molecular weight is 880 g/mol. The summed E-state index contributed by atoms with van der Waals surface area (Å²) in [5, 5.41) is 2.65. The van der Waals surface area contributed by atoms with Gasteiger partial charge >= 0.3 is 130 Å². The van der Waals surface area contributed by atoms with Crippen LogP contribution in [0.25, 0.3) is 42.7 Å². The van der Waals surface area contributed by atoms with Gasteiger partial charge in [0.2, 0.25) is 0 Å². The zero-order valence-corrected chi connectivity index (χ0v) is 33.3. The van der Waals surface area contributed by atoms with E-state index in [1.165, 1.54) is 79.9 Å². The van der Waals surface area contributed by atoms with Gasteiger partial charge in [0, 0.05) is 31.0 Å². The molecule has 0 atom stereocenters. The van der Waals surface area contributed by atoms with Crippen molar-refractivity contribution in [2.45, 2.75) is 69.6 Å². The molecule has 2 nitrogen and oxygen atoms in total. The van der Waals surface area contributed by atoms with Crippen molar-refractivity contribution in [2.24, 2.45) is 11.8 Å². The molecule has 0 aliphatic heterocycles. The number of halogens is 1. The maximum atomic E-state index is 13.0. The molecule has 245 valence electrons. The van der Waals surface area contributed by atoms with E-state index in [2.05, 4.69) is 102 Å². The summed E-state index contributed by atoms with van der Waals surface area (Å²) in [6.07, 6.45) is 11.8. The van der Waals surface area contributed by atoms with Gasteiger partial charge in [-0.2, -0.15) is 11.3 Å². The molecular weight excluding hydrogens is 836 g/mol. The molecule has 1 aliphatic rings. The Labute approximate surface area is 300 Å². The average Bonchev–Trinajstić information content (AvgIpc) is 3.69. The first kappa shape index (κ1) is 35.6. The van der Waals surface area contributed by atoms with E-state index in [1.54, 1.807) is 6.07 Å². The van der Waals surface area contributed by atoms with E-state index < -0.39 is 13.3 Å². The SMILES string of the molecule is CC(C)Cc1cc(-c2[c-]cc(F)cc2)nc[c]1[Ge]([CH3])([CH3])[CH3].[Ir].[c-]1ccc2c(sc3ccccc32)c1-c1cc(CC2CCCC2)ccn1. The smallest absolute Gasteiger partial charge is 0.0239 e. The van der Waals surface area contributed by atoms with Crippen molar-refractivity contribution < 1.29 is 24.5 Å². The molecule has 0 bridgehead atoms. The number of nitrogens with zero attached hydrogens (tertiary/aromatic N) is 2. The first-order valence-corrected chi connectivity index (χ1v) is 24.8. The van der Waals surface area contributed by atoms with Gasteiger partial charge in [-0.25, -0.2) is 0 Å². The van der Waals surface area contributed by atoms with E-state index in [-0.39, 0.29) is 25.9 Å². The van der Waals surface area contributed by atoms with Crippen LogP contribution in [0, 0.1) is 29.8 Å². The fourth-order valence-electron chi connectivity index (χ4n) is 6.66. The molecule has 47 heavy (non-hydrogen) atoms. The number of aromatic nitrogens is 2. The molecule has 0 unspecified atom stereocenters. The molecule has 7 rings (SSSR count). The Morgan fingerprint density at radius 2 is 1.70 bits per heavy atom. The summed E-state index contributed by atoms with van der Waals surface area (Å²) in [5.74, 6) is 8.39. The molecule has 6 heteroatoms. The van der Waals surface area contributed by atoms with Gasteiger partial charge < -0.3 is 4.98 Å². The van der Waals surface area contributed by atoms with Crippen LogP contribution in [0.4, 0.5) is 4.39 Å². The largest absolute Gasteiger partial charge is 0.305 e. The van der Waals surface area contributed by atoms with Crippen LogP contribution in [-0.4, -0.2) is 23.2 Å². The van der Waals surface area contributed by atoms with E-state index in [4.69, 9.17) is 0 Å². The summed E-state index contributed by atoms with van der Waals surface area (Å²) in [7, 11) is 0. The summed E-state index contributed by atoms with van der Waals surface area (Å²) in [6, 6.07) is 30.5. The van der Waals surface area contributed by atoms with E-state index in [0.29, 0.717) is 5.92 Å². The molecule has 0 amide bonds. The van der Waals surface area contributed by atoms with Crippen molar-refractivity contribution in [3.8, 4) is 22.5 Å². The Balaban J connectivity index is 0.000000184. The predicted molar refractivity (Wildman–Crippen MR) is 197 cm³/mol. The van der Waals surface area contributed by atoms with Gasteiger partial charge in [0.05, 0.1) is 0 Å². The topological polar surface area (TPSA) is 25.8 Å². The second-order valence-electron chi connectivity index (χ2n) is 14.1. The molecule has 3 aromatic heterocycles. The molecular formula is C41H43FGeIrN2S-2. The van der Waals surface area contributed by atoms with Crippen LogP contribution in [0.5, 0.6) is 0 Å². The summed E-state index contributed by atoms with van der Waals surface area (Å²) >= 11 is -0.0783. The summed E-state index contributed by atoms with van der Waals surface area (Å²) < 4.78 is 17.1. The van der Waals surface area contributed by atoms with Crippen LogP contribution in [0.15, 0.2) is 85.2 Å². The third-order valence-corrected chi connectivity index (χ3v) is 14.4. The number of rotatable bonds is 7. The number of fused-ring (bicyclic) bond motifs is 3. The molecule has 0 N–H and O–H groups in total. The van der Waals surface area contributed by atoms with Crippen molar-refractivity contribution in [3.63, 3.8) is 0 Å². The molecule has 1 radical (unpaired) electrons. The van der Waals surface area contributed by atoms with Crippen molar-refractivity contribution in [1.29, 1.82) is 0 Å². The van der Waals surface area contributed by atoms with E-state index in [9.17, 15) is 4.39 Å². The van der Waals surface area contributed by atoms with Crippen molar-refractivity contribution in [1.82, 2.24) is 9.97 Å². The minimum absolute atomic E-state index is 0. The predicted octanol–water partition coefficient (Wildman–Crippen LogP) is 11.1.